The van der Waals surface area contributed by atoms with Crippen molar-refractivity contribution >= 4 is 11.6 Å². The highest BCUT2D eigenvalue weighted by Crippen LogP contribution is 2.44. The Bertz CT molecular complexity index is 1620. The number of methoxy groups -OCH3 is 1. The zero-order valence-corrected chi connectivity index (χ0v) is 29.9. The van der Waals surface area contributed by atoms with Crippen LogP contribution in [0.4, 0.5) is 0 Å². The van der Waals surface area contributed by atoms with E-state index in [4.69, 9.17) is 4.74 Å². The van der Waals surface area contributed by atoms with Crippen LogP contribution in [0.2, 0.25) is 0 Å². The molecule has 1 heterocycles. The van der Waals surface area contributed by atoms with E-state index in [-0.39, 0.29) is 55.3 Å². The fourth-order valence-electron chi connectivity index (χ4n) is 8.19. The molecule has 0 aromatic heterocycles. The number of carbonyl (C=O) groups is 2. The minimum absolute atomic E-state index is 0.00916. The summed E-state index contributed by atoms with van der Waals surface area (Å²) in [4.78, 5) is 27.8. The van der Waals surface area contributed by atoms with Crippen molar-refractivity contribution in [1.29, 1.82) is 0 Å². The van der Waals surface area contributed by atoms with Crippen LogP contribution >= 0.6 is 0 Å². The number of hydrogen-bond donors (Lipinski definition) is 6. The molecule has 2 aromatic rings. The minimum Gasteiger partial charge on any atom is -0.504 e. The Labute approximate surface area is 302 Å². The predicted molar refractivity (Wildman–Crippen MR) is 197 cm³/mol. The van der Waals surface area contributed by atoms with Crippen molar-refractivity contribution in [3.05, 3.63) is 82.7 Å². The summed E-state index contributed by atoms with van der Waals surface area (Å²) in [5, 5.41) is 48.7. The van der Waals surface area contributed by atoms with Gasteiger partial charge in [0.25, 0.3) is 0 Å². The Morgan fingerprint density at radius 3 is 2.59 bits per heavy atom. The molecule has 6 N–H and O–H groups in total. The molecule has 2 aliphatic carbocycles. The Hall–Kier alpha value is -4.10. The number of rotatable bonds is 12. The van der Waals surface area contributed by atoms with Crippen LogP contribution < -0.4 is 15.4 Å². The van der Waals surface area contributed by atoms with Crippen molar-refractivity contribution in [2.75, 3.05) is 33.4 Å². The summed E-state index contributed by atoms with van der Waals surface area (Å²) in [6, 6.07) is 13.2. The summed E-state index contributed by atoms with van der Waals surface area (Å²) in [5.41, 5.74) is 3.62. The number of aliphatic hydroxyl groups excluding tert-OH is 3. The number of allylic oxidation sites excluding steroid dienone is 2. The summed E-state index contributed by atoms with van der Waals surface area (Å²) in [5.74, 6) is 5.84. The number of aromatic hydroxyl groups is 1. The van der Waals surface area contributed by atoms with Gasteiger partial charge < -0.3 is 35.8 Å². The van der Waals surface area contributed by atoms with Crippen LogP contribution in [0.5, 0.6) is 11.5 Å². The molecule has 5 rings (SSSR count). The average Bonchev–Trinajstić information content (AvgIpc) is 3.32. The monoisotopic (exact) mass is 698 g/mol. The number of benzene rings is 2. The molecule has 7 atom stereocenters. The maximum absolute atomic E-state index is 14.3. The quantitative estimate of drug-likeness (QED) is 0.105. The van der Waals surface area contributed by atoms with Crippen LogP contribution in [0.1, 0.15) is 80.9 Å². The van der Waals surface area contributed by atoms with Crippen LogP contribution in [-0.4, -0.2) is 71.5 Å². The topological polar surface area (TPSA) is 148 Å². The molecular formula is C42H54N2O7. The van der Waals surface area contributed by atoms with Gasteiger partial charge in [-0.15, -0.1) is 0 Å². The highest BCUT2D eigenvalue weighted by molar-refractivity contribution is 6.06. The number of ether oxygens (including phenoxy) is 1. The maximum Gasteiger partial charge on any atom is 0.173 e. The molecule has 0 saturated heterocycles. The molecule has 274 valence electrons. The normalized spacial score (nSPS) is 25.9. The van der Waals surface area contributed by atoms with Gasteiger partial charge in [-0.1, -0.05) is 61.6 Å². The van der Waals surface area contributed by atoms with Gasteiger partial charge in [0.2, 0.25) is 0 Å². The Kier molecular flexibility index (Phi) is 13.8. The zero-order valence-electron chi connectivity index (χ0n) is 29.9. The number of aliphatic hydroxyl groups is 3. The van der Waals surface area contributed by atoms with E-state index in [1.54, 1.807) is 12.1 Å². The summed E-state index contributed by atoms with van der Waals surface area (Å²) < 4.78 is 5.42. The number of hydrogen-bond acceptors (Lipinski definition) is 9. The van der Waals surface area contributed by atoms with E-state index < -0.39 is 35.4 Å². The van der Waals surface area contributed by atoms with E-state index in [1.165, 1.54) is 12.7 Å². The van der Waals surface area contributed by atoms with Crippen molar-refractivity contribution in [3.63, 3.8) is 0 Å². The summed E-state index contributed by atoms with van der Waals surface area (Å²) in [7, 11) is 1.47. The number of Topliss-reactive ketones (excluding diaryl/α,β-unsaturated/α-hetero) is 2. The molecule has 1 fully saturated rings. The van der Waals surface area contributed by atoms with E-state index in [0.717, 1.165) is 48.2 Å². The van der Waals surface area contributed by atoms with Crippen molar-refractivity contribution in [1.82, 2.24) is 10.6 Å². The van der Waals surface area contributed by atoms with Crippen molar-refractivity contribution in [2.24, 2.45) is 29.6 Å². The second kappa shape index (κ2) is 18.4. The average molecular weight is 699 g/mol. The predicted octanol–water partition coefficient (Wildman–Crippen LogP) is 4.77. The van der Waals surface area contributed by atoms with Crippen LogP contribution in [0, 0.1) is 41.4 Å². The van der Waals surface area contributed by atoms with Gasteiger partial charge in [-0.05, 0) is 103 Å². The molecular weight excluding hydrogens is 644 g/mol. The van der Waals surface area contributed by atoms with Crippen LogP contribution in [0.15, 0.2) is 66.0 Å². The van der Waals surface area contributed by atoms with Crippen molar-refractivity contribution in [3.8, 4) is 23.3 Å². The molecule has 2 aromatic carbocycles. The van der Waals surface area contributed by atoms with E-state index in [2.05, 4.69) is 41.6 Å². The van der Waals surface area contributed by atoms with Gasteiger partial charge in [0.1, 0.15) is 0 Å². The lowest BCUT2D eigenvalue weighted by molar-refractivity contribution is -0.142. The number of dihydropyridines is 1. The lowest BCUT2D eigenvalue weighted by atomic mass is 9.75. The van der Waals surface area contributed by atoms with Gasteiger partial charge >= 0.3 is 0 Å². The Morgan fingerprint density at radius 1 is 1.06 bits per heavy atom. The third kappa shape index (κ3) is 9.62. The number of phenolic OH excluding ortho intramolecular Hbond substituents is 1. The van der Waals surface area contributed by atoms with Crippen molar-refractivity contribution < 1.29 is 34.8 Å². The van der Waals surface area contributed by atoms with Crippen molar-refractivity contribution in [2.45, 2.75) is 76.7 Å². The molecule has 3 aliphatic rings. The molecule has 0 radical (unpaired) electrons. The van der Waals surface area contributed by atoms with Crippen LogP contribution in [0.3, 0.4) is 0 Å². The van der Waals surface area contributed by atoms with E-state index in [1.807, 2.05) is 30.3 Å². The zero-order chi connectivity index (χ0) is 36.3. The van der Waals surface area contributed by atoms with Gasteiger partial charge in [0.05, 0.1) is 18.8 Å². The van der Waals surface area contributed by atoms with Gasteiger partial charge in [-0.3, -0.25) is 9.59 Å². The Balaban J connectivity index is 1.60. The molecule has 0 bridgehead atoms. The molecule has 0 unspecified atom stereocenters. The number of phenols is 1. The molecule has 1 saturated carbocycles. The molecule has 9 heteroatoms. The summed E-state index contributed by atoms with van der Waals surface area (Å²) in [6.07, 6.45) is 7.67. The highest BCUT2D eigenvalue weighted by Gasteiger charge is 2.42. The largest absolute Gasteiger partial charge is 0.504 e. The fourth-order valence-corrected chi connectivity index (χ4v) is 8.19. The van der Waals surface area contributed by atoms with Gasteiger partial charge in [0, 0.05) is 44.6 Å². The lowest BCUT2D eigenvalue weighted by Crippen LogP contribution is -2.39. The molecule has 51 heavy (non-hydrogen) atoms. The second-order valence-electron chi connectivity index (χ2n) is 14.3. The third-order valence-electron chi connectivity index (χ3n) is 10.9. The first-order valence-corrected chi connectivity index (χ1v) is 18.6. The molecule has 9 nitrogen and oxygen atoms in total. The lowest BCUT2D eigenvalue weighted by Gasteiger charge is -2.29. The van der Waals surface area contributed by atoms with Gasteiger partial charge in [-0.2, -0.15) is 0 Å². The second-order valence-corrected chi connectivity index (χ2v) is 14.3. The summed E-state index contributed by atoms with van der Waals surface area (Å²) >= 11 is 0. The number of aryl methyl sites for hydroxylation is 1. The first-order valence-electron chi connectivity index (χ1n) is 18.6. The smallest absolute Gasteiger partial charge is 0.173 e. The van der Waals surface area contributed by atoms with E-state index >= 15 is 0 Å². The minimum atomic E-state index is -1.76. The van der Waals surface area contributed by atoms with Crippen LogP contribution in [-0.2, 0) is 16.0 Å². The molecule has 1 aliphatic heterocycles. The first kappa shape index (κ1) is 38.1. The maximum atomic E-state index is 14.3. The highest BCUT2D eigenvalue weighted by atomic mass is 16.5. The number of fused-ring (bicyclic) bond motifs is 2. The van der Waals surface area contributed by atoms with Gasteiger partial charge in [-0.25, -0.2) is 0 Å². The molecule has 0 amide bonds. The number of nitrogens with one attached hydrogen (secondary N) is 2. The van der Waals surface area contributed by atoms with Crippen LogP contribution in [0.25, 0.3) is 0 Å². The number of carbonyl (C=O) groups excluding carboxylic acids is 2. The standard InChI is InChI=1S/C42H54N2O7/c1-3-8-32(26-46)33-21-28(19-27-15-17-44-40(22-27)43-16-7-18-45)20-30-11-13-34(29-9-5-4-6-10-29)35-25-38(48)39(51-2)24-31(35)12-14-37(47)42(50)41(49)36(30)23-33/h4-6,9-10,15,22,24-25,28,30,32-34,36,42-46,48,50H,3,7-8,12,14,16-21,23,26H2,1-2H3/t28-,30+,32+,33+,34+,36-,42-/m0/s1. The fraction of sp³-hybridized carbons (Fsp3) is 0.524. The third-order valence-corrected chi connectivity index (χ3v) is 10.9. The number of ketones is 2. The first-order chi connectivity index (χ1) is 24.8. The SMILES string of the molecule is CCC[C@H](CO)[C@@H]1C[C@@H](CC2=CCNC(NCCCO)=C2)C[C@H]2C#C[C@H](c3ccccc3)c3cc(O)c(OC)cc3CCC(=O)[C@H](O)C(=O)[C@H]2C1. The van der Waals surface area contributed by atoms with E-state index in [9.17, 15) is 30.0 Å². The molecule has 0 spiro atoms. The van der Waals surface area contributed by atoms with E-state index in [0.29, 0.717) is 32.4 Å². The summed E-state index contributed by atoms with van der Waals surface area (Å²) in [6.45, 7) is 3.55. The Morgan fingerprint density at radius 2 is 1.86 bits per heavy atom. The van der Waals surface area contributed by atoms with Gasteiger partial charge in [0.15, 0.2) is 29.2 Å².